The molecule has 0 aromatic carbocycles. The summed E-state index contributed by atoms with van der Waals surface area (Å²) in [5.41, 5.74) is 0. The number of hydrogen-bond donors (Lipinski definition) is 0. The molecule has 0 N–H and O–H groups in total. The molecule has 0 amide bonds. The summed E-state index contributed by atoms with van der Waals surface area (Å²) in [4.78, 5) is 0. The van der Waals surface area contributed by atoms with E-state index in [1.807, 2.05) is 20.8 Å². The number of rotatable bonds is 3. The Morgan fingerprint density at radius 3 is 2.82 bits per heavy atom. The molecule has 11 heavy (non-hydrogen) atoms. The molecule has 2 unspecified atom stereocenters. The van der Waals surface area contributed by atoms with Crippen LogP contribution in [0.2, 0.25) is 0 Å². The maximum absolute atomic E-state index is 5.50. The van der Waals surface area contributed by atoms with Gasteiger partial charge in [-0.1, -0.05) is 0 Å². The van der Waals surface area contributed by atoms with E-state index in [2.05, 4.69) is 0 Å². The SMILES string of the molecule is CCOCC1(C)OCC(C)O1. The van der Waals surface area contributed by atoms with Crippen LogP contribution in [0.1, 0.15) is 20.8 Å². The Morgan fingerprint density at radius 2 is 2.36 bits per heavy atom. The van der Waals surface area contributed by atoms with Gasteiger partial charge in [0.1, 0.15) is 6.61 Å². The quantitative estimate of drug-likeness (QED) is 0.620. The predicted octanol–water partition coefficient (Wildman–Crippen LogP) is 1.17. The first-order valence-corrected chi connectivity index (χ1v) is 4.06. The van der Waals surface area contributed by atoms with Crippen molar-refractivity contribution in [2.75, 3.05) is 19.8 Å². The Labute approximate surface area is 67.6 Å². The fourth-order valence-electron chi connectivity index (χ4n) is 1.15. The average molecular weight is 160 g/mol. The Bertz CT molecular complexity index is 127. The Balaban J connectivity index is 2.29. The van der Waals surface area contributed by atoms with Crippen molar-refractivity contribution >= 4 is 0 Å². The minimum atomic E-state index is -0.505. The molecule has 0 aromatic rings. The molecule has 1 aliphatic rings. The second-order valence-electron chi connectivity index (χ2n) is 3.01. The molecular formula is C8H16O3. The van der Waals surface area contributed by atoms with Crippen LogP contribution in [0.5, 0.6) is 0 Å². The van der Waals surface area contributed by atoms with Crippen molar-refractivity contribution in [2.45, 2.75) is 32.7 Å². The summed E-state index contributed by atoms with van der Waals surface area (Å²) in [7, 11) is 0. The maximum Gasteiger partial charge on any atom is 0.189 e. The fraction of sp³-hybridized carbons (Fsp3) is 1.00. The molecular weight excluding hydrogens is 144 g/mol. The standard InChI is InChI=1S/C8H16O3/c1-4-9-6-8(3)10-5-7(2)11-8/h7H,4-6H2,1-3H3. The molecule has 0 spiro atoms. The largest absolute Gasteiger partial charge is 0.376 e. The molecule has 3 nitrogen and oxygen atoms in total. The minimum Gasteiger partial charge on any atom is -0.376 e. The van der Waals surface area contributed by atoms with Gasteiger partial charge in [0, 0.05) is 6.61 Å². The summed E-state index contributed by atoms with van der Waals surface area (Å²) in [5.74, 6) is -0.505. The molecule has 1 saturated heterocycles. The van der Waals surface area contributed by atoms with Gasteiger partial charge in [0.15, 0.2) is 5.79 Å². The van der Waals surface area contributed by atoms with Crippen LogP contribution in [0.3, 0.4) is 0 Å². The van der Waals surface area contributed by atoms with E-state index in [1.165, 1.54) is 0 Å². The van der Waals surface area contributed by atoms with Gasteiger partial charge in [-0.05, 0) is 20.8 Å². The fourth-order valence-corrected chi connectivity index (χ4v) is 1.15. The maximum atomic E-state index is 5.50. The van der Waals surface area contributed by atoms with E-state index >= 15 is 0 Å². The van der Waals surface area contributed by atoms with E-state index in [0.717, 1.165) is 0 Å². The van der Waals surface area contributed by atoms with Crippen LogP contribution in [0.4, 0.5) is 0 Å². The summed E-state index contributed by atoms with van der Waals surface area (Å²) in [5, 5.41) is 0. The molecule has 0 bridgehead atoms. The Hall–Kier alpha value is -0.120. The van der Waals surface area contributed by atoms with E-state index in [-0.39, 0.29) is 6.10 Å². The lowest BCUT2D eigenvalue weighted by atomic mass is 10.3. The van der Waals surface area contributed by atoms with E-state index in [1.54, 1.807) is 0 Å². The second-order valence-corrected chi connectivity index (χ2v) is 3.01. The molecule has 66 valence electrons. The minimum absolute atomic E-state index is 0.195. The monoisotopic (exact) mass is 160 g/mol. The van der Waals surface area contributed by atoms with Crippen LogP contribution < -0.4 is 0 Å². The normalized spacial score (nSPS) is 37.9. The lowest BCUT2D eigenvalue weighted by molar-refractivity contribution is -0.187. The summed E-state index contributed by atoms with van der Waals surface area (Å²) >= 11 is 0. The van der Waals surface area contributed by atoms with Gasteiger partial charge in [0.2, 0.25) is 0 Å². The van der Waals surface area contributed by atoms with Crippen molar-refractivity contribution in [3.8, 4) is 0 Å². The van der Waals surface area contributed by atoms with E-state index in [4.69, 9.17) is 14.2 Å². The Kier molecular flexibility index (Phi) is 2.87. The second kappa shape index (κ2) is 3.52. The smallest absolute Gasteiger partial charge is 0.189 e. The summed E-state index contributed by atoms with van der Waals surface area (Å²) < 4.78 is 16.1. The zero-order chi connectivity index (χ0) is 8.32. The van der Waals surface area contributed by atoms with Gasteiger partial charge in [-0.2, -0.15) is 0 Å². The highest BCUT2D eigenvalue weighted by atomic mass is 16.8. The molecule has 1 heterocycles. The topological polar surface area (TPSA) is 27.7 Å². The first-order valence-electron chi connectivity index (χ1n) is 4.06. The van der Waals surface area contributed by atoms with Crippen LogP contribution in [0.25, 0.3) is 0 Å². The van der Waals surface area contributed by atoms with Crippen LogP contribution in [-0.4, -0.2) is 31.7 Å². The predicted molar refractivity (Wildman–Crippen MR) is 41.4 cm³/mol. The van der Waals surface area contributed by atoms with Gasteiger partial charge in [0.05, 0.1) is 12.7 Å². The average Bonchev–Trinajstić information content (AvgIpc) is 2.28. The van der Waals surface area contributed by atoms with Gasteiger partial charge >= 0.3 is 0 Å². The van der Waals surface area contributed by atoms with Gasteiger partial charge in [-0.15, -0.1) is 0 Å². The molecule has 0 radical (unpaired) electrons. The van der Waals surface area contributed by atoms with Crippen LogP contribution >= 0.6 is 0 Å². The van der Waals surface area contributed by atoms with Crippen LogP contribution in [-0.2, 0) is 14.2 Å². The molecule has 2 atom stereocenters. The third-order valence-corrected chi connectivity index (χ3v) is 1.64. The number of hydrogen-bond acceptors (Lipinski definition) is 3. The highest BCUT2D eigenvalue weighted by molar-refractivity contribution is 4.71. The van der Waals surface area contributed by atoms with Crippen molar-refractivity contribution in [1.29, 1.82) is 0 Å². The van der Waals surface area contributed by atoms with Crippen molar-refractivity contribution in [3.05, 3.63) is 0 Å². The van der Waals surface area contributed by atoms with Crippen LogP contribution in [0, 0.1) is 0 Å². The lowest BCUT2D eigenvalue weighted by Crippen LogP contribution is -2.32. The van der Waals surface area contributed by atoms with E-state index in [9.17, 15) is 0 Å². The first-order chi connectivity index (χ1) is 5.16. The van der Waals surface area contributed by atoms with Gasteiger partial charge in [-0.25, -0.2) is 0 Å². The zero-order valence-corrected chi connectivity index (χ0v) is 7.42. The number of ether oxygens (including phenoxy) is 3. The van der Waals surface area contributed by atoms with Crippen LogP contribution in [0.15, 0.2) is 0 Å². The van der Waals surface area contributed by atoms with E-state index < -0.39 is 5.79 Å². The molecule has 0 aliphatic carbocycles. The first kappa shape index (κ1) is 8.97. The van der Waals surface area contributed by atoms with Gasteiger partial charge in [-0.3, -0.25) is 0 Å². The highest BCUT2D eigenvalue weighted by Gasteiger charge is 2.35. The van der Waals surface area contributed by atoms with Crippen molar-refractivity contribution < 1.29 is 14.2 Å². The van der Waals surface area contributed by atoms with Crippen molar-refractivity contribution in [1.82, 2.24) is 0 Å². The summed E-state index contributed by atoms with van der Waals surface area (Å²) in [6, 6.07) is 0. The van der Waals surface area contributed by atoms with Gasteiger partial charge in [0.25, 0.3) is 0 Å². The molecule has 1 fully saturated rings. The van der Waals surface area contributed by atoms with E-state index in [0.29, 0.717) is 19.8 Å². The highest BCUT2D eigenvalue weighted by Crippen LogP contribution is 2.22. The molecule has 0 saturated carbocycles. The third kappa shape index (κ3) is 2.43. The molecule has 1 aliphatic heterocycles. The molecule has 1 rings (SSSR count). The summed E-state index contributed by atoms with van der Waals surface area (Å²) in [6.07, 6.45) is 0.195. The summed E-state index contributed by atoms with van der Waals surface area (Å²) in [6.45, 7) is 7.76. The lowest BCUT2D eigenvalue weighted by Gasteiger charge is -2.21. The Morgan fingerprint density at radius 1 is 1.64 bits per heavy atom. The van der Waals surface area contributed by atoms with Crippen molar-refractivity contribution in [3.63, 3.8) is 0 Å². The molecule has 3 heteroatoms. The van der Waals surface area contributed by atoms with Gasteiger partial charge < -0.3 is 14.2 Å². The zero-order valence-electron chi connectivity index (χ0n) is 7.42. The molecule has 0 aromatic heterocycles. The third-order valence-electron chi connectivity index (χ3n) is 1.64. The van der Waals surface area contributed by atoms with Crippen molar-refractivity contribution in [2.24, 2.45) is 0 Å².